The molecule has 1 rings (SSSR count). The SMILES string of the molecule is CCC(N)(CO)CNC(C)(C)CN1COCC(N)(CC)C1. The van der Waals surface area contributed by atoms with E-state index in [-0.39, 0.29) is 17.7 Å². The zero-order chi connectivity index (χ0) is 16.1. The second kappa shape index (κ2) is 7.35. The van der Waals surface area contributed by atoms with Crippen LogP contribution < -0.4 is 16.8 Å². The average molecular weight is 302 g/mol. The van der Waals surface area contributed by atoms with Gasteiger partial charge in [0.25, 0.3) is 0 Å². The molecule has 2 unspecified atom stereocenters. The molecule has 0 aromatic heterocycles. The number of aliphatic hydroxyl groups excluding tert-OH is 1. The summed E-state index contributed by atoms with van der Waals surface area (Å²) in [6.45, 7) is 11.9. The molecule has 2 atom stereocenters. The van der Waals surface area contributed by atoms with Crippen LogP contribution in [0, 0.1) is 0 Å². The van der Waals surface area contributed by atoms with E-state index in [1.54, 1.807) is 0 Å². The predicted octanol–water partition coefficient (Wildman–Crippen LogP) is -0.148. The molecule has 1 aliphatic heterocycles. The maximum atomic E-state index is 9.39. The topological polar surface area (TPSA) is 96.8 Å². The lowest BCUT2D eigenvalue weighted by atomic mass is 9.94. The van der Waals surface area contributed by atoms with E-state index in [1.165, 1.54) is 0 Å². The van der Waals surface area contributed by atoms with Gasteiger partial charge in [-0.2, -0.15) is 0 Å². The van der Waals surface area contributed by atoms with Crippen LogP contribution in [-0.4, -0.2) is 66.2 Å². The zero-order valence-corrected chi connectivity index (χ0v) is 14.1. The molecule has 1 saturated heterocycles. The Balaban J connectivity index is 2.52. The van der Waals surface area contributed by atoms with Crippen molar-refractivity contribution >= 4 is 0 Å². The van der Waals surface area contributed by atoms with Crippen molar-refractivity contribution < 1.29 is 9.84 Å². The van der Waals surface area contributed by atoms with Crippen LogP contribution in [0.1, 0.15) is 40.5 Å². The lowest BCUT2D eigenvalue weighted by Crippen LogP contribution is -2.63. The molecule has 6 heteroatoms. The van der Waals surface area contributed by atoms with E-state index in [0.29, 0.717) is 19.9 Å². The predicted molar refractivity (Wildman–Crippen MR) is 86.0 cm³/mol. The molecule has 6 nitrogen and oxygen atoms in total. The Morgan fingerprint density at radius 3 is 2.57 bits per heavy atom. The highest BCUT2D eigenvalue weighted by molar-refractivity contribution is 4.93. The summed E-state index contributed by atoms with van der Waals surface area (Å²) in [4.78, 5) is 2.24. The largest absolute Gasteiger partial charge is 0.394 e. The van der Waals surface area contributed by atoms with Crippen molar-refractivity contribution in [2.24, 2.45) is 11.5 Å². The van der Waals surface area contributed by atoms with E-state index < -0.39 is 5.54 Å². The van der Waals surface area contributed by atoms with Crippen LogP contribution in [0.25, 0.3) is 0 Å². The van der Waals surface area contributed by atoms with Crippen LogP contribution in [0.4, 0.5) is 0 Å². The lowest BCUT2D eigenvalue weighted by molar-refractivity contribution is -0.0662. The van der Waals surface area contributed by atoms with E-state index in [4.69, 9.17) is 16.2 Å². The number of rotatable bonds is 8. The first-order chi connectivity index (χ1) is 9.67. The van der Waals surface area contributed by atoms with Crippen molar-refractivity contribution in [3.05, 3.63) is 0 Å². The Bertz CT molecular complexity index is 321. The average Bonchev–Trinajstić information content (AvgIpc) is 2.44. The molecule has 0 aromatic carbocycles. The number of hydrogen-bond donors (Lipinski definition) is 4. The molecule has 1 aliphatic rings. The molecule has 0 bridgehead atoms. The second-order valence-electron chi connectivity index (χ2n) is 7.29. The van der Waals surface area contributed by atoms with E-state index in [9.17, 15) is 5.11 Å². The van der Waals surface area contributed by atoms with Gasteiger partial charge in [-0.3, -0.25) is 4.90 Å². The summed E-state index contributed by atoms with van der Waals surface area (Å²) < 4.78 is 5.63. The Morgan fingerprint density at radius 1 is 1.38 bits per heavy atom. The van der Waals surface area contributed by atoms with Crippen molar-refractivity contribution in [2.75, 3.05) is 39.6 Å². The highest BCUT2D eigenvalue weighted by Crippen LogP contribution is 2.18. The smallest absolute Gasteiger partial charge is 0.0992 e. The molecule has 0 radical (unpaired) electrons. The molecule has 1 fully saturated rings. The third-order valence-corrected chi connectivity index (χ3v) is 4.46. The first kappa shape index (κ1) is 18.8. The number of nitrogens with two attached hydrogens (primary N) is 2. The van der Waals surface area contributed by atoms with Crippen LogP contribution in [0.5, 0.6) is 0 Å². The van der Waals surface area contributed by atoms with Gasteiger partial charge in [0.2, 0.25) is 0 Å². The number of nitrogens with zero attached hydrogens (tertiary/aromatic N) is 1. The van der Waals surface area contributed by atoms with Crippen molar-refractivity contribution in [2.45, 2.75) is 57.2 Å². The summed E-state index contributed by atoms with van der Waals surface area (Å²) in [5, 5.41) is 12.9. The van der Waals surface area contributed by atoms with Crippen LogP contribution >= 0.6 is 0 Å². The minimum atomic E-state index is -0.559. The highest BCUT2D eigenvalue weighted by atomic mass is 16.5. The van der Waals surface area contributed by atoms with Gasteiger partial charge in [0, 0.05) is 25.2 Å². The lowest BCUT2D eigenvalue weighted by Gasteiger charge is -2.43. The fourth-order valence-electron chi connectivity index (χ4n) is 2.55. The zero-order valence-electron chi connectivity index (χ0n) is 14.1. The van der Waals surface area contributed by atoms with E-state index in [1.807, 2.05) is 6.92 Å². The van der Waals surface area contributed by atoms with Crippen molar-refractivity contribution in [1.82, 2.24) is 10.2 Å². The molecule has 0 aromatic rings. The van der Waals surface area contributed by atoms with E-state index in [2.05, 4.69) is 31.0 Å². The fraction of sp³-hybridized carbons (Fsp3) is 1.00. The maximum absolute atomic E-state index is 9.39. The summed E-state index contributed by atoms with van der Waals surface area (Å²) >= 11 is 0. The fourth-order valence-corrected chi connectivity index (χ4v) is 2.55. The number of ether oxygens (including phenoxy) is 1. The van der Waals surface area contributed by atoms with Gasteiger partial charge in [-0.1, -0.05) is 13.8 Å². The molecule has 0 aliphatic carbocycles. The molecule has 126 valence electrons. The van der Waals surface area contributed by atoms with Crippen molar-refractivity contribution in [1.29, 1.82) is 0 Å². The quantitative estimate of drug-likeness (QED) is 0.498. The van der Waals surface area contributed by atoms with Gasteiger partial charge in [-0.25, -0.2) is 0 Å². The summed E-state index contributed by atoms with van der Waals surface area (Å²) in [5.41, 5.74) is 11.5. The monoisotopic (exact) mass is 302 g/mol. The van der Waals surface area contributed by atoms with E-state index >= 15 is 0 Å². The molecule has 6 N–H and O–H groups in total. The van der Waals surface area contributed by atoms with Crippen LogP contribution in [0.3, 0.4) is 0 Å². The minimum Gasteiger partial charge on any atom is -0.394 e. The maximum Gasteiger partial charge on any atom is 0.0992 e. The minimum absolute atomic E-state index is 0.0127. The first-order valence-corrected chi connectivity index (χ1v) is 7.91. The van der Waals surface area contributed by atoms with Gasteiger partial charge in [0.1, 0.15) is 0 Å². The molecule has 1 heterocycles. The third-order valence-electron chi connectivity index (χ3n) is 4.46. The van der Waals surface area contributed by atoms with Crippen LogP contribution in [0.2, 0.25) is 0 Å². The van der Waals surface area contributed by atoms with Crippen LogP contribution in [0.15, 0.2) is 0 Å². The number of nitrogens with one attached hydrogen (secondary N) is 1. The van der Waals surface area contributed by atoms with Crippen molar-refractivity contribution in [3.63, 3.8) is 0 Å². The Kier molecular flexibility index (Phi) is 6.58. The number of aliphatic hydroxyl groups is 1. The standard InChI is InChI=1S/C15H34N4O2/c1-5-14(16,10-20)7-18-13(3,4)8-19-9-15(17,6-2)11-21-12-19/h18,20H,5-12,16-17H2,1-4H3. The first-order valence-electron chi connectivity index (χ1n) is 7.91. The Labute approximate surface area is 129 Å². The van der Waals surface area contributed by atoms with Gasteiger partial charge >= 0.3 is 0 Å². The molecule has 0 spiro atoms. The summed E-state index contributed by atoms with van der Waals surface area (Å²) in [5.74, 6) is 0. The van der Waals surface area contributed by atoms with Crippen molar-refractivity contribution in [3.8, 4) is 0 Å². The molecule has 0 saturated carbocycles. The molecular formula is C15H34N4O2. The van der Waals surface area contributed by atoms with Gasteiger partial charge in [0.15, 0.2) is 0 Å². The summed E-state index contributed by atoms with van der Waals surface area (Å²) in [6, 6.07) is 0. The van der Waals surface area contributed by atoms with Gasteiger partial charge in [-0.15, -0.1) is 0 Å². The molecular weight excluding hydrogens is 268 g/mol. The third kappa shape index (κ3) is 5.81. The summed E-state index contributed by atoms with van der Waals surface area (Å²) in [6.07, 6.45) is 1.64. The second-order valence-corrected chi connectivity index (χ2v) is 7.29. The van der Waals surface area contributed by atoms with Crippen LogP contribution in [-0.2, 0) is 4.74 Å². The highest BCUT2D eigenvalue weighted by Gasteiger charge is 2.34. The molecule has 0 amide bonds. The van der Waals surface area contributed by atoms with Gasteiger partial charge in [0.05, 0.1) is 31.0 Å². The van der Waals surface area contributed by atoms with Gasteiger partial charge < -0.3 is 26.6 Å². The number of hydrogen-bond acceptors (Lipinski definition) is 6. The normalized spacial score (nSPS) is 27.6. The summed E-state index contributed by atoms with van der Waals surface area (Å²) in [7, 11) is 0. The Morgan fingerprint density at radius 2 is 2.05 bits per heavy atom. The Hall–Kier alpha value is -0.240. The van der Waals surface area contributed by atoms with E-state index in [0.717, 1.165) is 25.9 Å². The van der Waals surface area contributed by atoms with Gasteiger partial charge in [-0.05, 0) is 26.7 Å². The molecule has 21 heavy (non-hydrogen) atoms.